The molecule has 2 N–H and O–H groups in total. The van der Waals surface area contributed by atoms with Crippen molar-refractivity contribution in [2.24, 2.45) is 0 Å². The Morgan fingerprint density at radius 2 is 1.94 bits per heavy atom. The molecule has 32 heavy (non-hydrogen) atoms. The van der Waals surface area contributed by atoms with E-state index in [-0.39, 0.29) is 34.6 Å². The minimum absolute atomic E-state index is 0.0259. The highest BCUT2D eigenvalue weighted by atomic mass is 35.5. The van der Waals surface area contributed by atoms with Gasteiger partial charge in [-0.2, -0.15) is 0 Å². The van der Waals surface area contributed by atoms with Crippen molar-refractivity contribution in [1.82, 2.24) is 15.5 Å². The van der Waals surface area contributed by atoms with E-state index >= 15 is 0 Å². The van der Waals surface area contributed by atoms with Crippen LogP contribution in [0.4, 0.5) is 0 Å². The average Bonchev–Trinajstić information content (AvgIpc) is 2.75. The molecular weight excluding hydrogens is 473 g/mol. The molecular formula is C22H21Cl2N3O4S. The molecule has 0 aromatic heterocycles. The van der Waals surface area contributed by atoms with E-state index in [4.69, 9.17) is 40.2 Å². The zero-order chi connectivity index (χ0) is 23.1. The van der Waals surface area contributed by atoms with Gasteiger partial charge in [0, 0.05) is 24.5 Å². The zero-order valence-electron chi connectivity index (χ0n) is 17.0. The summed E-state index contributed by atoms with van der Waals surface area (Å²) in [5.41, 5.74) is 1.24. The molecule has 10 heteroatoms. The number of benzene rings is 2. The summed E-state index contributed by atoms with van der Waals surface area (Å²) in [6.07, 6.45) is 0.377. The van der Waals surface area contributed by atoms with Crippen molar-refractivity contribution in [3.05, 3.63) is 69.7 Å². The second kappa shape index (κ2) is 11.3. The molecule has 3 rings (SSSR count). The van der Waals surface area contributed by atoms with Crippen molar-refractivity contribution >= 4 is 58.3 Å². The summed E-state index contributed by atoms with van der Waals surface area (Å²) in [6, 6.07) is 13.2. The molecule has 1 aliphatic heterocycles. The largest absolute Gasteiger partial charge is 0.465 e. The fourth-order valence-corrected chi connectivity index (χ4v) is 4.02. The molecule has 0 aliphatic carbocycles. The van der Waals surface area contributed by atoms with Gasteiger partial charge in [0.15, 0.2) is 5.11 Å². The number of hydrogen-bond donors (Lipinski definition) is 2. The Kier molecular flexibility index (Phi) is 8.44. The van der Waals surface area contributed by atoms with Gasteiger partial charge in [-0.3, -0.25) is 19.7 Å². The second-order valence-electron chi connectivity index (χ2n) is 7.04. The lowest BCUT2D eigenvalue weighted by Crippen LogP contribution is -2.60. The van der Waals surface area contributed by atoms with E-state index < -0.39 is 17.9 Å². The van der Waals surface area contributed by atoms with Crippen LogP contribution in [0.15, 0.2) is 48.5 Å². The number of nitrogens with zero attached hydrogens (tertiary/aromatic N) is 1. The molecule has 1 fully saturated rings. The summed E-state index contributed by atoms with van der Waals surface area (Å²) < 4.78 is 5.30. The fourth-order valence-electron chi connectivity index (χ4n) is 3.21. The lowest BCUT2D eigenvalue weighted by molar-refractivity contribution is -0.147. The molecule has 0 saturated carbocycles. The Morgan fingerprint density at radius 3 is 2.66 bits per heavy atom. The monoisotopic (exact) mass is 493 g/mol. The highest BCUT2D eigenvalue weighted by molar-refractivity contribution is 7.80. The predicted octanol–water partition coefficient (Wildman–Crippen LogP) is 2.98. The molecule has 1 saturated heterocycles. The highest BCUT2D eigenvalue weighted by Crippen LogP contribution is 2.21. The molecule has 1 unspecified atom stereocenters. The topological polar surface area (TPSA) is 87.7 Å². The molecule has 1 aliphatic rings. The van der Waals surface area contributed by atoms with Crippen molar-refractivity contribution in [1.29, 1.82) is 0 Å². The van der Waals surface area contributed by atoms with Crippen LogP contribution >= 0.6 is 35.4 Å². The number of piperazine rings is 1. The number of amides is 2. The quantitative estimate of drug-likeness (QED) is 0.475. The summed E-state index contributed by atoms with van der Waals surface area (Å²) in [7, 11) is 0. The van der Waals surface area contributed by atoms with Crippen molar-refractivity contribution in [3.63, 3.8) is 0 Å². The molecule has 0 radical (unpaired) electrons. The molecule has 2 amide bonds. The number of halogens is 2. The van der Waals surface area contributed by atoms with Crippen LogP contribution in [0.3, 0.4) is 0 Å². The minimum Gasteiger partial charge on any atom is -0.465 e. The van der Waals surface area contributed by atoms with Gasteiger partial charge in [0.2, 0.25) is 5.91 Å². The first kappa shape index (κ1) is 24.0. The third kappa shape index (κ3) is 6.41. The number of esters is 1. The summed E-state index contributed by atoms with van der Waals surface area (Å²) in [5.74, 6) is -1.42. The maximum atomic E-state index is 12.6. The van der Waals surface area contributed by atoms with E-state index in [1.54, 1.807) is 0 Å². The smallest absolute Gasteiger partial charge is 0.308 e. The molecule has 168 valence electrons. The normalized spacial score (nSPS) is 15.6. The number of hydrogen-bond acceptors (Lipinski definition) is 5. The van der Waals surface area contributed by atoms with Gasteiger partial charge in [0.05, 0.1) is 23.6 Å². The first-order chi connectivity index (χ1) is 15.3. The molecule has 0 bridgehead atoms. The summed E-state index contributed by atoms with van der Waals surface area (Å²) >= 11 is 17.3. The third-order valence-electron chi connectivity index (χ3n) is 4.84. The number of nitrogens with one attached hydrogen (secondary N) is 2. The van der Waals surface area contributed by atoms with Gasteiger partial charge in [0.25, 0.3) is 5.91 Å². The van der Waals surface area contributed by atoms with Crippen molar-refractivity contribution < 1.29 is 19.1 Å². The van der Waals surface area contributed by atoms with E-state index in [0.717, 1.165) is 5.56 Å². The lowest BCUT2D eigenvalue weighted by Gasteiger charge is -2.36. The van der Waals surface area contributed by atoms with Gasteiger partial charge in [-0.1, -0.05) is 53.5 Å². The minimum atomic E-state index is -0.888. The maximum absolute atomic E-state index is 12.6. The summed E-state index contributed by atoms with van der Waals surface area (Å²) in [5, 5.41) is 5.88. The van der Waals surface area contributed by atoms with Crippen LogP contribution < -0.4 is 10.6 Å². The Morgan fingerprint density at radius 1 is 1.19 bits per heavy atom. The summed E-state index contributed by atoms with van der Waals surface area (Å²) in [6.45, 7) is 0.866. The van der Waals surface area contributed by atoms with Crippen LogP contribution in [0.2, 0.25) is 10.0 Å². The first-order valence-corrected chi connectivity index (χ1v) is 11.1. The molecule has 1 atom stereocenters. The van der Waals surface area contributed by atoms with E-state index in [2.05, 4.69) is 10.6 Å². The molecule has 0 spiro atoms. The van der Waals surface area contributed by atoms with Gasteiger partial charge in [-0.15, -0.1) is 0 Å². The number of carbonyl (C=O) groups excluding carboxylic acids is 3. The standard InChI is InChI=1S/C22H21Cl2N3O4S/c23-15-6-7-16(17(24)12-15)20(29)26-22(32)27-10-9-25-21(30)18(27)13-19(28)31-11-8-14-4-2-1-3-5-14/h1-7,12,18H,8-11,13H2,(H,25,30)(H,26,29,32). The van der Waals surface area contributed by atoms with Crippen LogP contribution in [-0.4, -0.2) is 53.5 Å². The van der Waals surface area contributed by atoms with E-state index in [0.29, 0.717) is 24.5 Å². The maximum Gasteiger partial charge on any atom is 0.308 e. The fraction of sp³-hybridized carbons (Fsp3) is 0.273. The molecule has 2 aromatic carbocycles. The molecule has 7 nitrogen and oxygen atoms in total. The Balaban J connectivity index is 1.59. The molecule has 1 heterocycles. The second-order valence-corrected chi connectivity index (χ2v) is 8.27. The van der Waals surface area contributed by atoms with E-state index in [1.807, 2.05) is 30.3 Å². The number of ether oxygens (including phenoxy) is 1. The van der Waals surface area contributed by atoms with Crippen LogP contribution in [-0.2, 0) is 20.7 Å². The highest BCUT2D eigenvalue weighted by Gasteiger charge is 2.34. The number of thiocarbonyl (C=S) groups is 1. The van der Waals surface area contributed by atoms with Crippen LogP contribution in [0.5, 0.6) is 0 Å². The van der Waals surface area contributed by atoms with Crippen molar-refractivity contribution in [3.8, 4) is 0 Å². The van der Waals surface area contributed by atoms with Gasteiger partial charge >= 0.3 is 5.97 Å². The van der Waals surface area contributed by atoms with Gasteiger partial charge in [0.1, 0.15) is 6.04 Å². The first-order valence-electron chi connectivity index (χ1n) is 9.89. The summed E-state index contributed by atoms with van der Waals surface area (Å²) in [4.78, 5) is 38.8. The van der Waals surface area contributed by atoms with Crippen LogP contribution in [0.25, 0.3) is 0 Å². The number of rotatable bonds is 6. The molecule has 2 aromatic rings. The van der Waals surface area contributed by atoms with Gasteiger partial charge in [-0.25, -0.2) is 0 Å². The van der Waals surface area contributed by atoms with Gasteiger partial charge < -0.3 is 15.0 Å². The zero-order valence-corrected chi connectivity index (χ0v) is 19.3. The SMILES string of the molecule is O=C(CC1C(=O)NCCN1C(=S)NC(=O)c1ccc(Cl)cc1Cl)OCCc1ccccc1. The van der Waals surface area contributed by atoms with Crippen molar-refractivity contribution in [2.45, 2.75) is 18.9 Å². The van der Waals surface area contributed by atoms with Crippen molar-refractivity contribution in [2.75, 3.05) is 19.7 Å². The van der Waals surface area contributed by atoms with E-state index in [1.165, 1.54) is 23.1 Å². The van der Waals surface area contributed by atoms with Gasteiger partial charge in [-0.05, 0) is 36.0 Å². The Hall–Kier alpha value is -2.68. The Labute approximate surface area is 201 Å². The number of carbonyl (C=O) groups is 3. The predicted molar refractivity (Wildman–Crippen MR) is 126 cm³/mol. The van der Waals surface area contributed by atoms with E-state index in [9.17, 15) is 14.4 Å². The average molecular weight is 494 g/mol. The Bertz CT molecular complexity index is 1020. The lowest BCUT2D eigenvalue weighted by atomic mass is 10.1. The van der Waals surface area contributed by atoms with Crippen LogP contribution in [0.1, 0.15) is 22.3 Å². The third-order valence-corrected chi connectivity index (χ3v) is 5.73. The van der Waals surface area contributed by atoms with Crippen LogP contribution in [0, 0.1) is 0 Å².